The zero-order chi connectivity index (χ0) is 22.5. The van der Waals surface area contributed by atoms with Gasteiger partial charge in [-0.05, 0) is 47.5 Å². The molecule has 0 aromatic heterocycles. The SMILES string of the molecule is O=C(/C=C/c1ccc(O)c(OC(F)(F)F)c1)/C=C/c1ccc(O)c(OC(F)(F)F)c1. The van der Waals surface area contributed by atoms with Crippen molar-refractivity contribution in [3.63, 3.8) is 0 Å². The van der Waals surface area contributed by atoms with Crippen molar-refractivity contribution in [3.8, 4) is 23.0 Å². The number of rotatable bonds is 6. The van der Waals surface area contributed by atoms with Crippen molar-refractivity contribution in [2.75, 3.05) is 0 Å². The predicted octanol–water partition coefficient (Wildman–Crippen LogP) is 5.19. The number of hydrogen-bond donors (Lipinski definition) is 2. The summed E-state index contributed by atoms with van der Waals surface area (Å²) in [6.07, 6.45) is -5.79. The molecule has 5 nitrogen and oxygen atoms in total. The summed E-state index contributed by atoms with van der Waals surface area (Å²) in [6.45, 7) is 0. The van der Waals surface area contributed by atoms with Crippen molar-refractivity contribution in [1.82, 2.24) is 0 Å². The predicted molar refractivity (Wildman–Crippen MR) is 92.7 cm³/mol. The number of allylic oxidation sites excluding steroid dienone is 2. The summed E-state index contributed by atoms with van der Waals surface area (Å²) in [4.78, 5) is 11.9. The number of ether oxygens (including phenoxy) is 2. The Bertz CT molecular complexity index is 899. The standard InChI is InChI=1S/C19H12F6O5/c20-18(21,22)29-16-9-11(3-7-14(16)27)1-5-13(26)6-2-12-4-8-15(28)17(10-12)30-19(23,24)25/h1-10,27-28H/b5-1+,6-2+. The van der Waals surface area contributed by atoms with Gasteiger partial charge < -0.3 is 19.7 Å². The van der Waals surface area contributed by atoms with E-state index in [-0.39, 0.29) is 11.1 Å². The van der Waals surface area contributed by atoms with Gasteiger partial charge in [-0.15, -0.1) is 26.3 Å². The highest BCUT2D eigenvalue weighted by atomic mass is 19.4. The lowest BCUT2D eigenvalue weighted by molar-refractivity contribution is -0.276. The van der Waals surface area contributed by atoms with Gasteiger partial charge in [0.05, 0.1) is 0 Å². The Labute approximate surface area is 165 Å². The van der Waals surface area contributed by atoms with Crippen molar-refractivity contribution in [1.29, 1.82) is 0 Å². The number of ketones is 1. The van der Waals surface area contributed by atoms with E-state index in [1.54, 1.807) is 0 Å². The highest BCUT2D eigenvalue weighted by Crippen LogP contribution is 2.33. The molecule has 0 unspecified atom stereocenters. The van der Waals surface area contributed by atoms with Crippen LogP contribution in [0.5, 0.6) is 23.0 Å². The van der Waals surface area contributed by atoms with E-state index in [0.29, 0.717) is 0 Å². The van der Waals surface area contributed by atoms with Crippen LogP contribution < -0.4 is 9.47 Å². The summed E-state index contributed by atoms with van der Waals surface area (Å²) in [5.74, 6) is -3.85. The molecule has 0 saturated heterocycles. The quantitative estimate of drug-likeness (QED) is 0.484. The van der Waals surface area contributed by atoms with E-state index >= 15 is 0 Å². The minimum Gasteiger partial charge on any atom is -0.504 e. The Kier molecular flexibility index (Phi) is 6.65. The first-order valence-corrected chi connectivity index (χ1v) is 7.90. The van der Waals surface area contributed by atoms with Gasteiger partial charge in [-0.1, -0.05) is 24.3 Å². The maximum atomic E-state index is 12.3. The monoisotopic (exact) mass is 434 g/mol. The molecule has 30 heavy (non-hydrogen) atoms. The lowest BCUT2D eigenvalue weighted by Gasteiger charge is -2.10. The third-order valence-electron chi connectivity index (χ3n) is 3.30. The van der Waals surface area contributed by atoms with E-state index in [0.717, 1.165) is 48.6 Å². The Hall–Kier alpha value is -3.63. The molecule has 11 heteroatoms. The molecule has 2 aromatic carbocycles. The number of phenols is 2. The van der Waals surface area contributed by atoms with Crippen LogP contribution in [0.15, 0.2) is 48.6 Å². The second-order valence-corrected chi connectivity index (χ2v) is 5.62. The number of aromatic hydroxyl groups is 2. The second-order valence-electron chi connectivity index (χ2n) is 5.62. The molecule has 2 aromatic rings. The van der Waals surface area contributed by atoms with Crippen molar-refractivity contribution < 1.29 is 50.8 Å². The first kappa shape index (κ1) is 22.7. The number of hydrogen-bond acceptors (Lipinski definition) is 5. The molecule has 0 aliphatic rings. The fourth-order valence-corrected chi connectivity index (χ4v) is 2.09. The summed E-state index contributed by atoms with van der Waals surface area (Å²) in [5, 5.41) is 18.7. The number of alkyl halides is 6. The molecule has 0 bridgehead atoms. The van der Waals surface area contributed by atoms with Crippen molar-refractivity contribution >= 4 is 17.9 Å². The van der Waals surface area contributed by atoms with Gasteiger partial charge in [-0.25, -0.2) is 0 Å². The second kappa shape index (κ2) is 8.80. The summed E-state index contributed by atoms with van der Waals surface area (Å²) in [6, 6.07) is 6.06. The van der Waals surface area contributed by atoms with Crippen LogP contribution in [0.1, 0.15) is 11.1 Å². The molecule has 0 saturated carbocycles. The Morgan fingerprint density at radius 1 is 0.733 bits per heavy atom. The minimum atomic E-state index is -5.02. The average Bonchev–Trinajstić information content (AvgIpc) is 2.60. The van der Waals surface area contributed by atoms with Crippen LogP contribution in [-0.2, 0) is 4.79 Å². The zero-order valence-electron chi connectivity index (χ0n) is 14.7. The Morgan fingerprint density at radius 3 is 1.43 bits per heavy atom. The number of halogens is 6. The molecule has 0 aliphatic carbocycles. The molecule has 160 valence electrons. The number of benzene rings is 2. The van der Waals surface area contributed by atoms with Crippen molar-refractivity contribution in [2.24, 2.45) is 0 Å². The topological polar surface area (TPSA) is 76.0 Å². The third-order valence-corrected chi connectivity index (χ3v) is 3.30. The van der Waals surface area contributed by atoms with E-state index in [4.69, 9.17) is 0 Å². The van der Waals surface area contributed by atoms with Crippen LogP contribution in [0.2, 0.25) is 0 Å². The van der Waals surface area contributed by atoms with Crippen LogP contribution in [0, 0.1) is 0 Å². The normalized spacial score (nSPS) is 12.5. The number of carbonyl (C=O) groups excluding carboxylic acids is 1. The van der Waals surface area contributed by atoms with Crippen molar-refractivity contribution in [3.05, 3.63) is 59.7 Å². The third kappa shape index (κ3) is 7.41. The zero-order valence-corrected chi connectivity index (χ0v) is 14.7. The molecule has 0 heterocycles. The van der Waals surface area contributed by atoms with E-state index in [2.05, 4.69) is 9.47 Å². The summed E-state index contributed by atoms with van der Waals surface area (Å²) >= 11 is 0. The van der Waals surface area contributed by atoms with Crippen LogP contribution >= 0.6 is 0 Å². The lowest BCUT2D eigenvalue weighted by Crippen LogP contribution is -2.17. The van der Waals surface area contributed by atoms with E-state index in [1.165, 1.54) is 12.1 Å². The van der Waals surface area contributed by atoms with E-state index < -0.39 is 41.5 Å². The van der Waals surface area contributed by atoms with Gasteiger partial charge in [0.15, 0.2) is 28.8 Å². The molecule has 0 spiro atoms. The molecule has 2 rings (SSSR count). The molecule has 0 fully saturated rings. The van der Waals surface area contributed by atoms with Crippen LogP contribution in [-0.4, -0.2) is 28.7 Å². The Morgan fingerprint density at radius 2 is 1.10 bits per heavy atom. The van der Waals surface area contributed by atoms with Gasteiger partial charge in [-0.2, -0.15) is 0 Å². The van der Waals surface area contributed by atoms with E-state index in [1.807, 2.05) is 0 Å². The molecule has 0 radical (unpaired) electrons. The first-order chi connectivity index (χ1) is 13.8. The highest BCUT2D eigenvalue weighted by Gasteiger charge is 2.33. The first-order valence-electron chi connectivity index (χ1n) is 7.90. The molecule has 0 atom stereocenters. The summed E-state index contributed by atoms with van der Waals surface area (Å²) < 4.78 is 80.9. The molecule has 2 N–H and O–H groups in total. The fourth-order valence-electron chi connectivity index (χ4n) is 2.09. The van der Waals surface area contributed by atoms with Gasteiger partial charge in [0.1, 0.15) is 0 Å². The Balaban J connectivity index is 2.10. The smallest absolute Gasteiger partial charge is 0.504 e. The van der Waals surface area contributed by atoms with Crippen LogP contribution in [0.4, 0.5) is 26.3 Å². The molecule has 0 aliphatic heterocycles. The van der Waals surface area contributed by atoms with Gasteiger partial charge in [-0.3, -0.25) is 4.79 Å². The maximum Gasteiger partial charge on any atom is 0.573 e. The van der Waals surface area contributed by atoms with Crippen LogP contribution in [0.3, 0.4) is 0 Å². The highest BCUT2D eigenvalue weighted by molar-refractivity contribution is 6.04. The summed E-state index contributed by atoms with van der Waals surface area (Å²) in [5.41, 5.74) is 0.221. The molecular weight excluding hydrogens is 422 g/mol. The largest absolute Gasteiger partial charge is 0.573 e. The molecule has 0 amide bonds. The minimum absolute atomic E-state index is 0.110. The lowest BCUT2D eigenvalue weighted by atomic mass is 10.1. The average molecular weight is 434 g/mol. The molecular formula is C19H12F6O5. The van der Waals surface area contributed by atoms with Gasteiger partial charge >= 0.3 is 12.7 Å². The number of carbonyl (C=O) groups is 1. The fraction of sp³-hybridized carbons (Fsp3) is 0.105. The van der Waals surface area contributed by atoms with Gasteiger partial charge in [0.25, 0.3) is 0 Å². The summed E-state index contributed by atoms with van der Waals surface area (Å²) in [7, 11) is 0. The van der Waals surface area contributed by atoms with Crippen molar-refractivity contribution in [2.45, 2.75) is 12.7 Å². The number of phenolic OH excluding ortho intramolecular Hbond substituents is 2. The maximum absolute atomic E-state index is 12.3. The van der Waals surface area contributed by atoms with Crippen LogP contribution in [0.25, 0.3) is 12.2 Å². The van der Waals surface area contributed by atoms with E-state index in [9.17, 15) is 41.4 Å². The van der Waals surface area contributed by atoms with Gasteiger partial charge in [0.2, 0.25) is 0 Å². The van der Waals surface area contributed by atoms with Gasteiger partial charge in [0, 0.05) is 0 Å².